The van der Waals surface area contributed by atoms with Crippen molar-refractivity contribution in [2.24, 2.45) is 11.1 Å². The Hall–Kier alpha value is -6.76. The number of nitrogens with zero attached hydrogens (tertiary/aromatic N) is 1. The fourth-order valence-corrected chi connectivity index (χ4v) is 6.45. The molecule has 0 fully saturated rings. The molecule has 5 atom stereocenters. The zero-order valence-electron chi connectivity index (χ0n) is 32.8. The number of aliphatic carboxylic acids is 1. The fourth-order valence-electron chi connectivity index (χ4n) is 6.45. The van der Waals surface area contributed by atoms with E-state index in [1.165, 1.54) is 0 Å². The summed E-state index contributed by atoms with van der Waals surface area (Å²) in [5.74, 6) is -4.18. The first-order chi connectivity index (χ1) is 28.1. The highest BCUT2D eigenvalue weighted by Gasteiger charge is 2.33. The molecule has 0 saturated carbocycles. The predicted molar refractivity (Wildman–Crippen MR) is 222 cm³/mol. The number of rotatable bonds is 20. The smallest absolute Gasteiger partial charge is 0.326 e. The van der Waals surface area contributed by atoms with Crippen LogP contribution in [0.1, 0.15) is 50.3 Å². The molecule has 5 aromatic rings. The van der Waals surface area contributed by atoms with E-state index in [-0.39, 0.29) is 31.8 Å². The van der Waals surface area contributed by atoms with Gasteiger partial charge in [0.1, 0.15) is 37.0 Å². The van der Waals surface area contributed by atoms with Crippen LogP contribution in [0.4, 0.5) is 0 Å². The van der Waals surface area contributed by atoms with Crippen molar-refractivity contribution in [1.29, 1.82) is 0 Å². The molecular weight excluding hydrogens is 737 g/mol. The molecule has 0 aliphatic carbocycles. The van der Waals surface area contributed by atoms with Gasteiger partial charge in [-0.25, -0.2) is 4.79 Å². The predicted octanol–water partition coefficient (Wildman–Crippen LogP) is 5.30. The van der Waals surface area contributed by atoms with Gasteiger partial charge in [0.2, 0.25) is 17.7 Å². The Morgan fingerprint density at radius 1 is 0.672 bits per heavy atom. The van der Waals surface area contributed by atoms with Crippen LogP contribution in [0, 0.1) is 5.92 Å². The molecule has 0 spiro atoms. The highest BCUT2D eigenvalue weighted by Crippen LogP contribution is 2.21. The number of carbonyl (C=O) groups excluding carboxylic acids is 4. The third-order valence-corrected chi connectivity index (χ3v) is 10.0. The van der Waals surface area contributed by atoms with Gasteiger partial charge in [-0.1, -0.05) is 135 Å². The molecule has 4 amide bonds. The van der Waals surface area contributed by atoms with Gasteiger partial charge >= 0.3 is 5.97 Å². The number of aromatic nitrogens is 1. The minimum atomic E-state index is -1.26. The van der Waals surface area contributed by atoms with Gasteiger partial charge in [-0.15, -0.1) is 0 Å². The number of carboxylic acids is 1. The van der Waals surface area contributed by atoms with E-state index in [9.17, 15) is 29.1 Å². The van der Waals surface area contributed by atoms with Crippen LogP contribution in [-0.2, 0) is 48.3 Å². The summed E-state index contributed by atoms with van der Waals surface area (Å²) in [5, 5.41) is 25.5. The molecule has 13 nitrogen and oxygen atoms in total. The zero-order valence-corrected chi connectivity index (χ0v) is 32.8. The first-order valence-corrected chi connectivity index (χ1v) is 19.4. The summed E-state index contributed by atoms with van der Waals surface area (Å²) in [5.41, 5.74) is 5.33. The Labute approximate surface area is 337 Å². The molecule has 0 saturated heterocycles. The second-order valence-electron chi connectivity index (χ2n) is 14.1. The summed E-state index contributed by atoms with van der Waals surface area (Å²) in [6.07, 6.45) is 3.47. The fraction of sp³-hybridized carbons (Fsp3) is 0.289. The number of aromatic amines is 1. The summed E-state index contributed by atoms with van der Waals surface area (Å²) >= 11 is 0. The van der Waals surface area contributed by atoms with Gasteiger partial charge in [0.05, 0.1) is 0 Å². The maximum absolute atomic E-state index is 13.7. The van der Waals surface area contributed by atoms with Crippen LogP contribution in [0.3, 0.4) is 0 Å². The lowest BCUT2D eigenvalue weighted by Gasteiger charge is -2.28. The largest absolute Gasteiger partial charge is 0.480 e. The van der Waals surface area contributed by atoms with Crippen LogP contribution in [-0.4, -0.2) is 70.1 Å². The topological polar surface area (TPSA) is 191 Å². The summed E-state index contributed by atoms with van der Waals surface area (Å²) in [4.78, 5) is 74.9. The number of hydrogen-bond donors (Lipinski definition) is 6. The molecular formula is C45H50N6O7. The Kier molecular flexibility index (Phi) is 15.3. The number of nitrogens with one attached hydrogen (secondary N) is 5. The molecule has 0 aliphatic heterocycles. The molecule has 302 valence electrons. The third-order valence-electron chi connectivity index (χ3n) is 10.0. The number of amides is 4. The SMILES string of the molecule is CC[C@H](NC(=O)[C@H](Cc1ccccc1)NC(=O)/C=N/OCc1ccc(-c2ccccc2)cc1)C(=O)N[C@H](C(=O)N[C@@H](Cc1c[nH]c2ccccc12)C(=O)O)[C@@H](C)CC. The van der Waals surface area contributed by atoms with Crippen LogP contribution in [0.2, 0.25) is 0 Å². The van der Waals surface area contributed by atoms with Gasteiger partial charge in [-0.2, -0.15) is 0 Å². The van der Waals surface area contributed by atoms with Crippen molar-refractivity contribution in [2.45, 2.75) is 77.2 Å². The first kappa shape index (κ1) is 42.4. The molecule has 0 aliphatic rings. The van der Waals surface area contributed by atoms with Crippen molar-refractivity contribution in [3.8, 4) is 11.1 Å². The maximum Gasteiger partial charge on any atom is 0.326 e. The number of carboxylic acid groups (broad SMARTS) is 1. The van der Waals surface area contributed by atoms with E-state index in [0.717, 1.165) is 44.9 Å². The van der Waals surface area contributed by atoms with Gasteiger partial charge in [0, 0.05) is 29.9 Å². The van der Waals surface area contributed by atoms with Crippen LogP contribution < -0.4 is 21.3 Å². The van der Waals surface area contributed by atoms with E-state index in [4.69, 9.17) is 4.84 Å². The molecule has 0 unspecified atom stereocenters. The van der Waals surface area contributed by atoms with E-state index >= 15 is 0 Å². The van der Waals surface area contributed by atoms with Crippen LogP contribution in [0.25, 0.3) is 22.0 Å². The number of carbonyl (C=O) groups is 5. The first-order valence-electron chi connectivity index (χ1n) is 19.4. The second-order valence-corrected chi connectivity index (χ2v) is 14.1. The summed E-state index contributed by atoms with van der Waals surface area (Å²) < 4.78 is 0. The average molecular weight is 787 g/mol. The molecule has 5 rings (SSSR count). The summed E-state index contributed by atoms with van der Waals surface area (Å²) in [7, 11) is 0. The standard InChI is InChI=1S/C45H50N6O7/c1-4-29(3)41(44(55)50-39(45(56)57)25-34-26-46-37-19-13-12-18-35(34)37)51-42(53)36(5-2)49-43(54)38(24-30-14-8-6-9-15-30)48-40(52)27-47-58-28-31-20-22-33(23-21-31)32-16-10-7-11-17-32/h6-23,26-27,29,36,38-39,41,46H,4-5,24-25,28H2,1-3H3,(H,48,52)(H,49,54)(H,50,55)(H,51,53)(H,56,57)/b47-27+/t29-,36-,38-,39-,41-/m0/s1. The van der Waals surface area contributed by atoms with Gasteiger partial charge in [-0.3, -0.25) is 19.2 Å². The Morgan fingerprint density at radius 3 is 1.97 bits per heavy atom. The van der Waals surface area contributed by atoms with Gasteiger partial charge in [0.15, 0.2) is 0 Å². The molecule has 0 radical (unpaired) electrons. The van der Waals surface area contributed by atoms with Gasteiger partial charge in [0.25, 0.3) is 5.91 Å². The van der Waals surface area contributed by atoms with Crippen molar-refractivity contribution in [3.63, 3.8) is 0 Å². The highest BCUT2D eigenvalue weighted by molar-refractivity contribution is 6.26. The van der Waals surface area contributed by atoms with Crippen LogP contribution in [0.15, 0.2) is 121 Å². The normalized spacial score (nSPS) is 13.8. The maximum atomic E-state index is 13.7. The monoisotopic (exact) mass is 786 g/mol. The minimum absolute atomic E-state index is 0.0221. The third kappa shape index (κ3) is 11.9. The lowest BCUT2D eigenvalue weighted by molar-refractivity contribution is -0.142. The molecule has 1 aromatic heterocycles. The highest BCUT2D eigenvalue weighted by atomic mass is 16.6. The average Bonchev–Trinajstić information content (AvgIpc) is 3.65. The number of hydrogen-bond acceptors (Lipinski definition) is 7. The van der Waals surface area contributed by atoms with Crippen molar-refractivity contribution in [2.75, 3.05) is 0 Å². The molecule has 1 heterocycles. The van der Waals surface area contributed by atoms with Gasteiger partial charge < -0.3 is 36.2 Å². The van der Waals surface area contributed by atoms with Crippen molar-refractivity contribution in [1.82, 2.24) is 26.3 Å². The molecule has 0 bridgehead atoms. The van der Waals surface area contributed by atoms with E-state index in [0.29, 0.717) is 6.42 Å². The molecule has 13 heteroatoms. The number of fused-ring (bicyclic) bond motifs is 1. The van der Waals surface area contributed by atoms with Crippen LogP contribution in [0.5, 0.6) is 0 Å². The Bertz CT molecular complexity index is 2170. The summed E-state index contributed by atoms with van der Waals surface area (Å²) in [6, 6.07) is 29.7. The Morgan fingerprint density at radius 2 is 1.29 bits per heavy atom. The lowest BCUT2D eigenvalue weighted by atomic mass is 9.96. The molecule has 58 heavy (non-hydrogen) atoms. The van der Waals surface area contributed by atoms with Gasteiger partial charge in [-0.05, 0) is 46.2 Å². The number of oxime groups is 1. The lowest BCUT2D eigenvalue weighted by Crippen LogP contribution is -2.59. The van der Waals surface area contributed by atoms with E-state index in [2.05, 4.69) is 31.4 Å². The molecule has 6 N–H and O–H groups in total. The number of benzene rings is 4. The quantitative estimate of drug-likeness (QED) is 0.0456. The summed E-state index contributed by atoms with van der Waals surface area (Å²) in [6.45, 7) is 5.45. The van der Waals surface area contributed by atoms with Crippen molar-refractivity contribution < 1.29 is 33.9 Å². The Balaban J connectivity index is 1.20. The van der Waals surface area contributed by atoms with Crippen molar-refractivity contribution >= 4 is 46.7 Å². The second kappa shape index (κ2) is 21.0. The van der Waals surface area contributed by atoms with E-state index in [1.807, 2.05) is 116 Å². The van der Waals surface area contributed by atoms with Crippen molar-refractivity contribution in [3.05, 3.63) is 132 Å². The van der Waals surface area contributed by atoms with Crippen LogP contribution >= 0.6 is 0 Å². The number of para-hydroxylation sites is 1. The zero-order chi connectivity index (χ0) is 41.4. The minimum Gasteiger partial charge on any atom is -0.480 e. The number of H-pyrrole nitrogens is 1. The van der Waals surface area contributed by atoms with E-state index < -0.39 is 53.8 Å². The molecule has 4 aromatic carbocycles. The van der Waals surface area contributed by atoms with E-state index in [1.54, 1.807) is 20.0 Å².